The van der Waals surface area contributed by atoms with Gasteiger partial charge in [-0.05, 0) is 69.2 Å². The molecule has 1 fully saturated rings. The molecule has 0 radical (unpaired) electrons. The van der Waals surface area contributed by atoms with Gasteiger partial charge in [-0.3, -0.25) is 0 Å². The highest BCUT2D eigenvalue weighted by Crippen LogP contribution is 2.43. The van der Waals surface area contributed by atoms with Gasteiger partial charge in [0.2, 0.25) is 0 Å². The third-order valence-electron chi connectivity index (χ3n) is 5.52. The number of rotatable bonds is 6. The van der Waals surface area contributed by atoms with Gasteiger partial charge >= 0.3 is 0 Å². The molecule has 182 valence electrons. The van der Waals surface area contributed by atoms with Crippen molar-refractivity contribution in [3.05, 3.63) is 48.0 Å². The first-order valence-electron chi connectivity index (χ1n) is 11.6. The Morgan fingerprint density at radius 2 is 1.79 bits per heavy atom. The summed E-state index contributed by atoms with van der Waals surface area (Å²) in [6, 6.07) is 17.1. The fourth-order valence-corrected chi connectivity index (χ4v) is 3.79. The van der Waals surface area contributed by atoms with E-state index in [1.54, 1.807) is 0 Å². The smallest absolute Gasteiger partial charge is 0.121 e. The number of nitrogen functional groups attached to an aromatic ring is 1. The molecule has 34 heavy (non-hydrogen) atoms. The van der Waals surface area contributed by atoms with E-state index in [4.69, 9.17) is 21.0 Å². The van der Waals surface area contributed by atoms with E-state index in [2.05, 4.69) is 21.6 Å². The van der Waals surface area contributed by atoms with Crippen molar-refractivity contribution in [2.24, 2.45) is 5.73 Å². The monoisotopic (exact) mass is 463 g/mol. The van der Waals surface area contributed by atoms with Gasteiger partial charge in [0, 0.05) is 29.7 Å². The van der Waals surface area contributed by atoms with E-state index in [9.17, 15) is 5.26 Å². The third kappa shape index (κ3) is 6.60. The second-order valence-electron chi connectivity index (χ2n) is 8.99. The lowest BCUT2D eigenvalue weighted by atomic mass is 9.92. The Kier molecular flexibility index (Phi) is 10.1. The minimum Gasteiger partial charge on any atom is -0.492 e. The van der Waals surface area contributed by atoms with Crippen LogP contribution >= 0.6 is 0 Å². The number of carbonyl (C=O) groups excluding carboxylic acids is 1. The molecule has 1 aliphatic rings. The molecule has 4 N–H and O–H groups in total. The van der Waals surface area contributed by atoms with Gasteiger partial charge in [0.15, 0.2) is 0 Å². The zero-order valence-corrected chi connectivity index (χ0v) is 20.8. The molecule has 2 aromatic carbocycles. The maximum Gasteiger partial charge on any atom is 0.121 e. The summed E-state index contributed by atoms with van der Waals surface area (Å²) >= 11 is 0. The fourth-order valence-electron chi connectivity index (χ4n) is 3.79. The molecule has 1 aliphatic carbocycles. The van der Waals surface area contributed by atoms with Gasteiger partial charge in [-0.2, -0.15) is 5.26 Å². The summed E-state index contributed by atoms with van der Waals surface area (Å²) in [5.74, 6) is 0.848. The summed E-state index contributed by atoms with van der Waals surface area (Å²) in [5.41, 5.74) is 15.6. The Labute approximate surface area is 202 Å². The van der Waals surface area contributed by atoms with Gasteiger partial charge in [0.05, 0.1) is 16.8 Å². The van der Waals surface area contributed by atoms with Gasteiger partial charge in [-0.25, -0.2) is 0 Å². The maximum absolute atomic E-state index is 9.97. The molecule has 0 bridgehead atoms. The molecule has 0 amide bonds. The van der Waals surface area contributed by atoms with Crippen LogP contribution in [0.1, 0.15) is 44.7 Å². The number of nitrogens with two attached hydrogens (primary N) is 2. The molecule has 0 saturated heterocycles. The van der Waals surface area contributed by atoms with Crippen LogP contribution in [0.4, 0.5) is 5.69 Å². The highest BCUT2D eigenvalue weighted by atomic mass is 16.5. The number of nitrogens with zero attached hydrogens (tertiary/aromatic N) is 3. The number of hydrogen-bond donors (Lipinski definition) is 2. The highest BCUT2D eigenvalue weighted by Gasteiger charge is 2.27. The molecule has 0 atom stereocenters. The number of likely N-dealkylation sites (N-methyl/N-ethyl adjacent to an activating group) is 1. The number of nitriles is 1. The molecular formula is C27H37N5O2. The van der Waals surface area contributed by atoms with E-state index in [1.807, 2.05) is 71.1 Å². The van der Waals surface area contributed by atoms with E-state index < -0.39 is 0 Å². The number of hydrogen-bond acceptors (Lipinski definition) is 6. The topological polar surface area (TPSA) is 110 Å². The van der Waals surface area contributed by atoms with E-state index >= 15 is 0 Å². The van der Waals surface area contributed by atoms with E-state index in [-0.39, 0.29) is 0 Å². The molecule has 1 saturated carbocycles. The molecule has 4 rings (SSSR count). The summed E-state index contributed by atoms with van der Waals surface area (Å²) in [7, 11) is 4.07. The van der Waals surface area contributed by atoms with Gasteiger partial charge < -0.3 is 30.5 Å². The van der Waals surface area contributed by atoms with E-state index in [1.165, 1.54) is 6.42 Å². The largest absolute Gasteiger partial charge is 0.492 e. The summed E-state index contributed by atoms with van der Waals surface area (Å²) in [6.07, 6.45) is 3.51. The van der Waals surface area contributed by atoms with Crippen molar-refractivity contribution in [1.82, 2.24) is 9.47 Å². The van der Waals surface area contributed by atoms with Crippen LogP contribution in [-0.4, -0.2) is 49.5 Å². The van der Waals surface area contributed by atoms with Crippen molar-refractivity contribution in [2.75, 3.05) is 33.0 Å². The lowest BCUT2D eigenvalue weighted by Gasteiger charge is -2.30. The number of fused-ring (bicyclic) bond motifs is 1. The van der Waals surface area contributed by atoms with E-state index in [0.717, 1.165) is 58.5 Å². The van der Waals surface area contributed by atoms with Crippen molar-refractivity contribution in [2.45, 2.75) is 45.2 Å². The molecule has 3 aromatic rings. The Hall–Kier alpha value is -3.34. The molecule has 0 unspecified atom stereocenters. The van der Waals surface area contributed by atoms with Gasteiger partial charge in [-0.15, -0.1) is 0 Å². The Morgan fingerprint density at radius 3 is 2.29 bits per heavy atom. The number of benzene rings is 2. The minimum atomic E-state index is 0.333. The first-order valence-corrected chi connectivity index (χ1v) is 11.6. The zero-order valence-electron chi connectivity index (χ0n) is 20.8. The molecule has 0 aliphatic heterocycles. The zero-order chi connectivity index (χ0) is 25.3. The minimum absolute atomic E-state index is 0.333. The SMILES string of the molecule is C=O.CC(C)N.CN(C)CCOc1ccc2c(C#N)c(-c3ccc(N)cc3)n(C3CCC3)c2c1. The van der Waals surface area contributed by atoms with Gasteiger partial charge in [0.1, 0.15) is 25.2 Å². The standard InChI is InChI=1S/C23H26N4O.C3H9N.CH2O/c1-26(2)12-13-28-19-10-11-20-21(15-24)23(16-6-8-17(25)9-7-16)27(22(20)14-19)18-4-3-5-18;1-3(2)4;1-2/h6-11,14,18H,3-5,12-13,25H2,1-2H3;3H,4H2,1-2H3;1H2. The Balaban J connectivity index is 0.000000618. The molecule has 7 nitrogen and oxygen atoms in total. The number of carbonyl (C=O) groups is 1. The lowest BCUT2D eigenvalue weighted by Crippen LogP contribution is -2.19. The molecule has 0 spiro atoms. The van der Waals surface area contributed by atoms with Crippen LogP contribution in [-0.2, 0) is 4.79 Å². The van der Waals surface area contributed by atoms with E-state index in [0.29, 0.717) is 18.7 Å². The highest BCUT2D eigenvalue weighted by molar-refractivity contribution is 5.95. The van der Waals surface area contributed by atoms with Crippen LogP contribution in [0.15, 0.2) is 42.5 Å². The number of anilines is 1. The van der Waals surface area contributed by atoms with Gasteiger partial charge in [-0.1, -0.05) is 26.0 Å². The average Bonchev–Trinajstić information content (AvgIpc) is 3.07. The first-order chi connectivity index (χ1) is 16.3. The Morgan fingerprint density at radius 1 is 1.18 bits per heavy atom. The van der Waals surface area contributed by atoms with Crippen molar-refractivity contribution in [3.8, 4) is 23.1 Å². The Bertz CT molecular complexity index is 1090. The van der Waals surface area contributed by atoms with Crippen LogP contribution in [0, 0.1) is 11.3 Å². The second kappa shape index (κ2) is 12.8. The van der Waals surface area contributed by atoms with Crippen molar-refractivity contribution in [3.63, 3.8) is 0 Å². The summed E-state index contributed by atoms with van der Waals surface area (Å²) in [5, 5.41) is 11.0. The van der Waals surface area contributed by atoms with Gasteiger partial charge in [0.25, 0.3) is 0 Å². The average molecular weight is 464 g/mol. The molecule has 1 aromatic heterocycles. The fraction of sp³-hybridized carbons (Fsp3) is 0.407. The second-order valence-corrected chi connectivity index (χ2v) is 8.99. The van der Waals surface area contributed by atoms with Crippen molar-refractivity contribution in [1.29, 1.82) is 5.26 Å². The van der Waals surface area contributed by atoms with Crippen LogP contribution in [0.2, 0.25) is 0 Å². The van der Waals surface area contributed by atoms with Crippen molar-refractivity contribution < 1.29 is 9.53 Å². The predicted molar refractivity (Wildman–Crippen MR) is 140 cm³/mol. The number of ether oxygens (including phenoxy) is 1. The number of aromatic nitrogens is 1. The van der Waals surface area contributed by atoms with Crippen LogP contribution in [0.5, 0.6) is 5.75 Å². The quantitative estimate of drug-likeness (QED) is 0.517. The van der Waals surface area contributed by atoms with Crippen molar-refractivity contribution >= 4 is 23.4 Å². The summed E-state index contributed by atoms with van der Waals surface area (Å²) < 4.78 is 8.31. The molecule has 7 heteroatoms. The normalized spacial score (nSPS) is 12.9. The van der Waals surface area contributed by atoms with Crippen LogP contribution < -0.4 is 16.2 Å². The maximum atomic E-state index is 9.97. The lowest BCUT2D eigenvalue weighted by molar-refractivity contribution is -0.0979. The predicted octanol–water partition coefficient (Wildman–Crippen LogP) is 4.60. The molecular weight excluding hydrogens is 426 g/mol. The summed E-state index contributed by atoms with van der Waals surface area (Å²) in [4.78, 5) is 10.1. The first kappa shape index (κ1) is 26.9. The van der Waals surface area contributed by atoms with Crippen LogP contribution in [0.25, 0.3) is 22.2 Å². The van der Waals surface area contributed by atoms with Crippen LogP contribution in [0.3, 0.4) is 0 Å². The molecule has 1 heterocycles. The summed E-state index contributed by atoms with van der Waals surface area (Å²) in [6.45, 7) is 7.39. The third-order valence-corrected chi connectivity index (χ3v) is 5.52.